The SMILES string of the molecule is CC/C=C/CCCCCCC/C=C/C=C/CCCCC(=O)O. The molecule has 1 N–H and O–H groups in total. The Labute approximate surface area is 137 Å². The zero-order chi connectivity index (χ0) is 16.3. The zero-order valence-corrected chi connectivity index (χ0v) is 14.3. The van der Waals surface area contributed by atoms with E-state index < -0.39 is 5.97 Å². The molecular weight excluding hydrogens is 272 g/mol. The van der Waals surface area contributed by atoms with Crippen molar-refractivity contribution in [2.45, 2.75) is 84.0 Å². The van der Waals surface area contributed by atoms with Gasteiger partial charge in [0.15, 0.2) is 0 Å². The summed E-state index contributed by atoms with van der Waals surface area (Å²) in [6, 6.07) is 0. The number of carboxylic acids is 1. The third kappa shape index (κ3) is 18.7. The van der Waals surface area contributed by atoms with Crippen LogP contribution in [0.3, 0.4) is 0 Å². The van der Waals surface area contributed by atoms with Crippen molar-refractivity contribution in [1.29, 1.82) is 0 Å². The fourth-order valence-corrected chi connectivity index (χ4v) is 2.23. The molecule has 22 heavy (non-hydrogen) atoms. The lowest BCUT2D eigenvalue weighted by Gasteiger charge is -1.98. The van der Waals surface area contributed by atoms with Crippen LogP contribution in [-0.2, 0) is 4.79 Å². The monoisotopic (exact) mass is 306 g/mol. The third-order valence-electron chi connectivity index (χ3n) is 3.54. The Morgan fingerprint density at radius 3 is 1.77 bits per heavy atom. The number of hydrogen-bond donors (Lipinski definition) is 1. The summed E-state index contributed by atoms with van der Waals surface area (Å²) < 4.78 is 0. The molecule has 0 fully saturated rings. The average molecular weight is 306 g/mol. The molecule has 0 atom stereocenters. The molecule has 0 heterocycles. The summed E-state index contributed by atoms with van der Waals surface area (Å²) >= 11 is 0. The van der Waals surface area contributed by atoms with Gasteiger partial charge >= 0.3 is 5.97 Å². The second kappa shape index (κ2) is 17.7. The van der Waals surface area contributed by atoms with Gasteiger partial charge in [0.25, 0.3) is 0 Å². The maximum absolute atomic E-state index is 10.3. The van der Waals surface area contributed by atoms with Gasteiger partial charge in [-0.2, -0.15) is 0 Å². The molecule has 0 aliphatic rings. The van der Waals surface area contributed by atoms with E-state index in [0.717, 1.165) is 25.7 Å². The first kappa shape index (κ1) is 20.7. The van der Waals surface area contributed by atoms with Gasteiger partial charge in [-0.05, 0) is 51.4 Å². The molecule has 0 aromatic carbocycles. The van der Waals surface area contributed by atoms with E-state index in [9.17, 15) is 4.79 Å². The lowest BCUT2D eigenvalue weighted by Crippen LogP contribution is -1.92. The largest absolute Gasteiger partial charge is 0.481 e. The van der Waals surface area contributed by atoms with E-state index in [2.05, 4.69) is 43.4 Å². The molecule has 0 aliphatic carbocycles. The van der Waals surface area contributed by atoms with E-state index in [-0.39, 0.29) is 0 Å². The van der Waals surface area contributed by atoms with E-state index in [1.54, 1.807) is 0 Å². The van der Waals surface area contributed by atoms with Crippen LogP contribution in [0.2, 0.25) is 0 Å². The van der Waals surface area contributed by atoms with E-state index in [4.69, 9.17) is 5.11 Å². The number of rotatable bonds is 15. The van der Waals surface area contributed by atoms with Crippen molar-refractivity contribution in [3.63, 3.8) is 0 Å². The molecule has 126 valence electrons. The minimum absolute atomic E-state index is 0.290. The number of carboxylic acid groups (broad SMARTS) is 1. The second-order valence-corrected chi connectivity index (χ2v) is 5.72. The lowest BCUT2D eigenvalue weighted by atomic mass is 10.1. The van der Waals surface area contributed by atoms with Gasteiger partial charge in [0.1, 0.15) is 0 Å². The molecule has 0 aromatic heterocycles. The Morgan fingerprint density at radius 1 is 0.727 bits per heavy atom. The van der Waals surface area contributed by atoms with Crippen LogP contribution >= 0.6 is 0 Å². The van der Waals surface area contributed by atoms with Crippen LogP contribution < -0.4 is 0 Å². The fourth-order valence-electron chi connectivity index (χ4n) is 2.23. The molecule has 0 saturated carbocycles. The number of allylic oxidation sites excluding steroid dienone is 6. The molecule has 0 rings (SSSR count). The highest BCUT2D eigenvalue weighted by Gasteiger charge is 1.93. The van der Waals surface area contributed by atoms with E-state index in [1.807, 2.05) is 0 Å². The normalized spacial score (nSPS) is 12.0. The van der Waals surface area contributed by atoms with Gasteiger partial charge < -0.3 is 5.11 Å². The molecule has 0 radical (unpaired) electrons. The first-order valence-electron chi connectivity index (χ1n) is 8.95. The third-order valence-corrected chi connectivity index (χ3v) is 3.54. The highest BCUT2D eigenvalue weighted by Crippen LogP contribution is 2.08. The Bertz CT molecular complexity index is 327. The van der Waals surface area contributed by atoms with E-state index in [1.165, 1.54) is 44.9 Å². The summed E-state index contributed by atoms with van der Waals surface area (Å²) in [6.07, 6.45) is 26.3. The minimum atomic E-state index is -0.693. The van der Waals surface area contributed by atoms with Gasteiger partial charge in [-0.25, -0.2) is 0 Å². The van der Waals surface area contributed by atoms with E-state index in [0.29, 0.717) is 6.42 Å². The summed E-state index contributed by atoms with van der Waals surface area (Å²) in [5.74, 6) is -0.693. The van der Waals surface area contributed by atoms with Crippen LogP contribution in [0.5, 0.6) is 0 Å². The molecule has 2 nitrogen and oxygen atoms in total. The summed E-state index contributed by atoms with van der Waals surface area (Å²) in [5, 5.41) is 8.51. The van der Waals surface area contributed by atoms with Crippen molar-refractivity contribution >= 4 is 5.97 Å². The molecule has 0 spiro atoms. The van der Waals surface area contributed by atoms with Crippen molar-refractivity contribution in [3.8, 4) is 0 Å². The quantitative estimate of drug-likeness (QED) is 0.215. The average Bonchev–Trinajstić information content (AvgIpc) is 2.50. The Balaban J connectivity index is 3.23. The first-order valence-corrected chi connectivity index (χ1v) is 8.95. The maximum Gasteiger partial charge on any atom is 0.303 e. The topological polar surface area (TPSA) is 37.3 Å². The van der Waals surface area contributed by atoms with Gasteiger partial charge in [-0.1, -0.05) is 62.6 Å². The predicted octanol–water partition coefficient (Wildman–Crippen LogP) is 6.44. The Kier molecular flexibility index (Phi) is 16.7. The lowest BCUT2D eigenvalue weighted by molar-refractivity contribution is -0.137. The van der Waals surface area contributed by atoms with Crippen molar-refractivity contribution in [3.05, 3.63) is 36.5 Å². The van der Waals surface area contributed by atoms with Crippen LogP contribution in [-0.4, -0.2) is 11.1 Å². The summed E-state index contributed by atoms with van der Waals surface area (Å²) in [7, 11) is 0. The molecule has 0 saturated heterocycles. The summed E-state index contributed by atoms with van der Waals surface area (Å²) in [4.78, 5) is 10.3. The van der Waals surface area contributed by atoms with Crippen molar-refractivity contribution < 1.29 is 9.90 Å². The summed E-state index contributed by atoms with van der Waals surface area (Å²) in [5.41, 5.74) is 0. The molecule has 2 heteroatoms. The molecule has 0 unspecified atom stereocenters. The summed E-state index contributed by atoms with van der Waals surface area (Å²) in [6.45, 7) is 2.18. The van der Waals surface area contributed by atoms with Crippen LogP contribution in [0.1, 0.15) is 84.0 Å². The van der Waals surface area contributed by atoms with Gasteiger partial charge in [0.05, 0.1) is 0 Å². The van der Waals surface area contributed by atoms with Crippen molar-refractivity contribution in [2.24, 2.45) is 0 Å². The molecule has 0 bridgehead atoms. The Hall–Kier alpha value is -1.31. The smallest absolute Gasteiger partial charge is 0.303 e. The fraction of sp³-hybridized carbons (Fsp3) is 0.650. The molecular formula is C20H34O2. The molecule has 0 amide bonds. The predicted molar refractivity (Wildman–Crippen MR) is 96.1 cm³/mol. The highest BCUT2D eigenvalue weighted by molar-refractivity contribution is 5.66. The number of hydrogen-bond acceptors (Lipinski definition) is 1. The zero-order valence-electron chi connectivity index (χ0n) is 14.3. The van der Waals surface area contributed by atoms with Gasteiger partial charge in [0, 0.05) is 6.42 Å². The van der Waals surface area contributed by atoms with Crippen LogP contribution in [0, 0.1) is 0 Å². The molecule has 0 aromatic rings. The highest BCUT2D eigenvalue weighted by atomic mass is 16.4. The van der Waals surface area contributed by atoms with Crippen LogP contribution in [0.15, 0.2) is 36.5 Å². The van der Waals surface area contributed by atoms with Crippen LogP contribution in [0.4, 0.5) is 0 Å². The number of aliphatic carboxylic acids is 1. The Morgan fingerprint density at radius 2 is 1.23 bits per heavy atom. The van der Waals surface area contributed by atoms with Crippen molar-refractivity contribution in [2.75, 3.05) is 0 Å². The van der Waals surface area contributed by atoms with Gasteiger partial charge in [-0.15, -0.1) is 0 Å². The number of carbonyl (C=O) groups is 1. The number of unbranched alkanes of at least 4 members (excludes halogenated alkanes) is 8. The van der Waals surface area contributed by atoms with E-state index >= 15 is 0 Å². The standard InChI is InChI=1S/C20H34O2/c1-2-3-4-5-6-7-8-9-10-11-12-13-14-15-16-17-18-19-20(21)22/h3-4,12-15H,2,5-11,16-19H2,1H3,(H,21,22)/b4-3+,13-12+,15-14+. The van der Waals surface area contributed by atoms with Gasteiger partial charge in [0.2, 0.25) is 0 Å². The second-order valence-electron chi connectivity index (χ2n) is 5.72. The molecule has 0 aliphatic heterocycles. The van der Waals surface area contributed by atoms with Crippen LogP contribution in [0.25, 0.3) is 0 Å². The first-order chi connectivity index (χ1) is 10.8. The van der Waals surface area contributed by atoms with Gasteiger partial charge in [-0.3, -0.25) is 4.79 Å². The minimum Gasteiger partial charge on any atom is -0.481 e. The van der Waals surface area contributed by atoms with Crippen molar-refractivity contribution in [1.82, 2.24) is 0 Å². The maximum atomic E-state index is 10.3.